The van der Waals surface area contributed by atoms with E-state index in [0.717, 1.165) is 10.8 Å². The first-order valence-electron chi connectivity index (χ1n) is 8.48. The topological polar surface area (TPSA) is 107 Å². The number of aromatic nitrogens is 4. The van der Waals surface area contributed by atoms with Crippen molar-refractivity contribution in [1.29, 1.82) is 0 Å². The van der Waals surface area contributed by atoms with Crippen LogP contribution in [0.15, 0.2) is 69.0 Å². The van der Waals surface area contributed by atoms with Crippen LogP contribution in [0.3, 0.4) is 0 Å². The van der Waals surface area contributed by atoms with Gasteiger partial charge in [-0.2, -0.15) is 4.98 Å². The molecule has 3 aromatic heterocycles. The van der Waals surface area contributed by atoms with E-state index in [1.165, 1.54) is 6.26 Å². The molecule has 140 valence electrons. The van der Waals surface area contributed by atoms with Gasteiger partial charge in [0, 0.05) is 23.6 Å². The Morgan fingerprint density at radius 3 is 2.89 bits per heavy atom. The number of nitrogens with one attached hydrogen (secondary N) is 1. The van der Waals surface area contributed by atoms with E-state index in [1.54, 1.807) is 54.5 Å². The lowest BCUT2D eigenvalue weighted by Gasteiger charge is -2.04. The van der Waals surface area contributed by atoms with Crippen molar-refractivity contribution in [1.82, 2.24) is 20.1 Å². The molecular formula is C19H15N5O3S. The van der Waals surface area contributed by atoms with Crippen LogP contribution in [0.5, 0.6) is 0 Å². The normalized spacial score (nSPS) is 10.8. The molecule has 9 heteroatoms. The predicted molar refractivity (Wildman–Crippen MR) is 104 cm³/mol. The Morgan fingerprint density at radius 1 is 1.18 bits per heavy atom. The highest BCUT2D eigenvalue weighted by Gasteiger charge is 2.17. The summed E-state index contributed by atoms with van der Waals surface area (Å²) in [6.07, 6.45) is 4.67. The predicted octanol–water partition coefficient (Wildman–Crippen LogP) is 4.15. The molecule has 0 fully saturated rings. The Kier molecular flexibility index (Phi) is 5.16. The van der Waals surface area contributed by atoms with E-state index in [1.807, 2.05) is 13.0 Å². The summed E-state index contributed by atoms with van der Waals surface area (Å²) in [6.45, 7) is 2.04. The minimum absolute atomic E-state index is 0.231. The maximum absolute atomic E-state index is 12.1. The van der Waals surface area contributed by atoms with Crippen LogP contribution in [-0.2, 0) is 0 Å². The van der Waals surface area contributed by atoms with Crippen LogP contribution in [0, 0.1) is 0 Å². The number of hydrogen-bond acceptors (Lipinski definition) is 8. The van der Waals surface area contributed by atoms with Gasteiger partial charge in [0.25, 0.3) is 11.8 Å². The second kappa shape index (κ2) is 8.05. The molecule has 0 spiro atoms. The van der Waals surface area contributed by atoms with Crippen LogP contribution in [0.4, 0.5) is 5.69 Å². The zero-order valence-electron chi connectivity index (χ0n) is 14.8. The number of nitrogens with zero attached hydrogens (tertiary/aromatic N) is 4. The zero-order chi connectivity index (χ0) is 19.3. The summed E-state index contributed by atoms with van der Waals surface area (Å²) in [4.78, 5) is 25.2. The zero-order valence-corrected chi connectivity index (χ0v) is 15.6. The lowest BCUT2D eigenvalue weighted by atomic mass is 10.2. The maximum Gasteiger partial charge on any atom is 0.291 e. The number of thioether (sulfide) groups is 1. The molecule has 0 radical (unpaired) electrons. The third-order valence-corrected chi connectivity index (χ3v) is 4.56. The van der Waals surface area contributed by atoms with Gasteiger partial charge in [-0.05, 0) is 36.1 Å². The molecule has 3 heterocycles. The molecule has 0 atom stereocenters. The van der Waals surface area contributed by atoms with Crippen molar-refractivity contribution < 1.29 is 13.7 Å². The maximum atomic E-state index is 12.1. The van der Waals surface area contributed by atoms with Crippen molar-refractivity contribution in [2.24, 2.45) is 0 Å². The monoisotopic (exact) mass is 393 g/mol. The quantitative estimate of drug-likeness (QED) is 0.487. The van der Waals surface area contributed by atoms with Crippen molar-refractivity contribution in [3.8, 4) is 23.0 Å². The minimum Gasteiger partial charge on any atom is -0.459 e. The standard InChI is InChI=1S/C19H15N5O3S/c1-2-28-19-15(20-8-9-21-19)16-23-18(27-24-16)12-5-3-6-13(11-12)22-17(25)14-7-4-10-26-14/h3-11H,2H2,1H3,(H,22,25). The molecule has 0 saturated carbocycles. The lowest BCUT2D eigenvalue weighted by Crippen LogP contribution is -2.10. The van der Waals surface area contributed by atoms with Gasteiger partial charge in [-0.25, -0.2) is 9.97 Å². The summed E-state index contributed by atoms with van der Waals surface area (Å²) >= 11 is 1.56. The molecule has 0 saturated heterocycles. The molecule has 28 heavy (non-hydrogen) atoms. The molecule has 1 amide bonds. The largest absolute Gasteiger partial charge is 0.459 e. The Hall–Kier alpha value is -3.46. The number of rotatable bonds is 6. The number of anilines is 1. The van der Waals surface area contributed by atoms with E-state index < -0.39 is 0 Å². The summed E-state index contributed by atoms with van der Waals surface area (Å²) in [7, 11) is 0. The molecule has 0 unspecified atom stereocenters. The fraction of sp³-hybridized carbons (Fsp3) is 0.105. The van der Waals surface area contributed by atoms with Gasteiger partial charge in [0.1, 0.15) is 10.7 Å². The Bertz CT molecular complexity index is 1090. The van der Waals surface area contributed by atoms with E-state index in [9.17, 15) is 4.79 Å². The van der Waals surface area contributed by atoms with Gasteiger partial charge in [-0.15, -0.1) is 11.8 Å². The first-order chi connectivity index (χ1) is 13.7. The van der Waals surface area contributed by atoms with Crippen LogP contribution in [0.1, 0.15) is 17.5 Å². The average molecular weight is 393 g/mol. The summed E-state index contributed by atoms with van der Waals surface area (Å²) in [5.74, 6) is 1.43. The summed E-state index contributed by atoms with van der Waals surface area (Å²) < 4.78 is 10.5. The smallest absolute Gasteiger partial charge is 0.291 e. The van der Waals surface area contributed by atoms with Crippen LogP contribution in [0.2, 0.25) is 0 Å². The second-order valence-corrected chi connectivity index (χ2v) is 6.83. The van der Waals surface area contributed by atoms with Crippen molar-refractivity contribution >= 4 is 23.4 Å². The van der Waals surface area contributed by atoms with E-state index >= 15 is 0 Å². The number of carbonyl (C=O) groups is 1. The molecule has 8 nitrogen and oxygen atoms in total. The number of furan rings is 1. The highest BCUT2D eigenvalue weighted by atomic mass is 32.2. The Balaban J connectivity index is 1.58. The highest BCUT2D eigenvalue weighted by molar-refractivity contribution is 7.99. The van der Waals surface area contributed by atoms with Crippen molar-refractivity contribution in [2.75, 3.05) is 11.1 Å². The van der Waals surface area contributed by atoms with Gasteiger partial charge in [-0.3, -0.25) is 4.79 Å². The minimum atomic E-state index is -0.339. The summed E-state index contributed by atoms with van der Waals surface area (Å²) in [5, 5.41) is 7.55. The molecule has 1 N–H and O–H groups in total. The van der Waals surface area contributed by atoms with E-state index in [-0.39, 0.29) is 11.7 Å². The van der Waals surface area contributed by atoms with Gasteiger partial charge in [-0.1, -0.05) is 18.1 Å². The van der Waals surface area contributed by atoms with Gasteiger partial charge >= 0.3 is 0 Å². The molecule has 4 rings (SSSR count). The lowest BCUT2D eigenvalue weighted by molar-refractivity contribution is 0.0996. The SMILES string of the molecule is CCSc1nccnc1-c1noc(-c2cccc(NC(=O)c3ccco3)c2)n1. The van der Waals surface area contributed by atoms with Crippen molar-refractivity contribution in [3.05, 3.63) is 60.8 Å². The van der Waals surface area contributed by atoms with Gasteiger partial charge in [0.15, 0.2) is 5.76 Å². The van der Waals surface area contributed by atoms with Gasteiger partial charge < -0.3 is 14.3 Å². The Morgan fingerprint density at radius 2 is 2.07 bits per heavy atom. The number of amides is 1. The molecular weight excluding hydrogens is 378 g/mol. The third-order valence-electron chi connectivity index (χ3n) is 3.70. The fourth-order valence-corrected chi connectivity index (χ4v) is 3.18. The van der Waals surface area contributed by atoms with Crippen molar-refractivity contribution in [2.45, 2.75) is 11.9 Å². The summed E-state index contributed by atoms with van der Waals surface area (Å²) in [5.41, 5.74) is 1.83. The molecule has 4 aromatic rings. The van der Waals surface area contributed by atoms with Crippen LogP contribution >= 0.6 is 11.8 Å². The molecule has 0 aliphatic carbocycles. The van der Waals surface area contributed by atoms with Crippen LogP contribution < -0.4 is 5.32 Å². The van der Waals surface area contributed by atoms with Gasteiger partial charge in [0.2, 0.25) is 5.82 Å². The third kappa shape index (κ3) is 3.79. The van der Waals surface area contributed by atoms with E-state index in [2.05, 4.69) is 25.4 Å². The van der Waals surface area contributed by atoms with E-state index in [0.29, 0.717) is 28.7 Å². The average Bonchev–Trinajstić information content (AvgIpc) is 3.41. The summed E-state index contributed by atoms with van der Waals surface area (Å²) in [6, 6.07) is 10.4. The van der Waals surface area contributed by atoms with Crippen molar-refractivity contribution in [3.63, 3.8) is 0 Å². The second-order valence-electron chi connectivity index (χ2n) is 5.58. The first-order valence-corrected chi connectivity index (χ1v) is 9.46. The molecule has 0 aliphatic rings. The molecule has 1 aromatic carbocycles. The van der Waals surface area contributed by atoms with Crippen LogP contribution in [-0.4, -0.2) is 31.8 Å². The number of carbonyl (C=O) groups excluding carboxylic acids is 1. The highest BCUT2D eigenvalue weighted by Crippen LogP contribution is 2.28. The van der Waals surface area contributed by atoms with E-state index in [4.69, 9.17) is 8.94 Å². The Labute approximate surface area is 164 Å². The van der Waals surface area contributed by atoms with Gasteiger partial charge in [0.05, 0.1) is 6.26 Å². The number of hydrogen-bond donors (Lipinski definition) is 1. The molecule has 0 bridgehead atoms. The first kappa shape index (κ1) is 17.9. The fourth-order valence-electron chi connectivity index (χ4n) is 2.49. The molecule has 0 aliphatic heterocycles. The van der Waals surface area contributed by atoms with Crippen LogP contribution in [0.25, 0.3) is 23.0 Å². The number of benzene rings is 1.